The van der Waals surface area contributed by atoms with Gasteiger partial charge in [-0.1, -0.05) is 39.3 Å². The van der Waals surface area contributed by atoms with Crippen LogP contribution in [0.2, 0.25) is 0 Å². The molecule has 0 N–H and O–H groups in total. The van der Waals surface area contributed by atoms with Gasteiger partial charge in [0.05, 0.1) is 5.92 Å². The molecule has 150 valence electrons. The molecule has 2 fully saturated rings. The molecule has 1 saturated carbocycles. The normalized spacial score (nSPS) is 32.4. The summed E-state index contributed by atoms with van der Waals surface area (Å²) in [7, 11) is 2.06. The van der Waals surface area contributed by atoms with E-state index in [-0.39, 0.29) is 29.7 Å². The van der Waals surface area contributed by atoms with Crippen LogP contribution in [0.15, 0.2) is 24.3 Å². The van der Waals surface area contributed by atoms with Crippen LogP contribution in [0.25, 0.3) is 0 Å². The smallest absolute Gasteiger partial charge is 0.311 e. The molecule has 1 heterocycles. The molecule has 0 bridgehead atoms. The van der Waals surface area contributed by atoms with Crippen LogP contribution in [-0.4, -0.2) is 37.1 Å². The Hall–Kier alpha value is -1.42. The summed E-state index contributed by atoms with van der Waals surface area (Å²) in [6.07, 6.45) is 4.27. The topological polar surface area (TPSA) is 29.5 Å². The van der Waals surface area contributed by atoms with Gasteiger partial charge in [0.2, 0.25) is 0 Å². The fourth-order valence-electron chi connectivity index (χ4n) is 4.95. The van der Waals surface area contributed by atoms with E-state index < -0.39 is 0 Å². The van der Waals surface area contributed by atoms with Gasteiger partial charge in [0.25, 0.3) is 0 Å². The Labute approximate surface area is 163 Å². The minimum Gasteiger partial charge on any atom is -0.462 e. The lowest BCUT2D eigenvalue weighted by Gasteiger charge is -2.40. The van der Waals surface area contributed by atoms with E-state index in [0.717, 1.165) is 31.4 Å². The second-order valence-corrected chi connectivity index (χ2v) is 9.12. The van der Waals surface area contributed by atoms with E-state index in [0.29, 0.717) is 24.3 Å². The molecule has 27 heavy (non-hydrogen) atoms. The monoisotopic (exact) mass is 375 g/mol. The average molecular weight is 376 g/mol. The van der Waals surface area contributed by atoms with Crippen molar-refractivity contribution >= 4 is 5.97 Å². The van der Waals surface area contributed by atoms with E-state index in [1.165, 1.54) is 18.6 Å². The third kappa shape index (κ3) is 4.90. The fourth-order valence-corrected chi connectivity index (χ4v) is 4.95. The van der Waals surface area contributed by atoms with Crippen LogP contribution in [0, 0.1) is 29.5 Å². The summed E-state index contributed by atoms with van der Waals surface area (Å²) in [6.45, 7) is 8.37. The molecule has 0 amide bonds. The van der Waals surface area contributed by atoms with Crippen LogP contribution in [0.5, 0.6) is 0 Å². The summed E-state index contributed by atoms with van der Waals surface area (Å²) >= 11 is 0. The lowest BCUT2D eigenvalue weighted by molar-refractivity contribution is -0.163. The van der Waals surface area contributed by atoms with Crippen LogP contribution < -0.4 is 0 Å². The van der Waals surface area contributed by atoms with Crippen LogP contribution in [0.1, 0.15) is 57.9 Å². The predicted octanol–water partition coefficient (Wildman–Crippen LogP) is 4.87. The first-order chi connectivity index (χ1) is 12.8. The zero-order chi connectivity index (χ0) is 19.6. The Morgan fingerprint density at radius 3 is 2.56 bits per heavy atom. The number of rotatable bonds is 4. The van der Waals surface area contributed by atoms with Crippen LogP contribution in [0.4, 0.5) is 4.39 Å². The number of carbonyl (C=O) groups is 1. The fraction of sp³-hybridized carbons (Fsp3) is 0.696. The van der Waals surface area contributed by atoms with E-state index in [1.54, 1.807) is 0 Å². The van der Waals surface area contributed by atoms with Gasteiger partial charge in [-0.3, -0.25) is 4.79 Å². The number of piperidine rings is 1. The SMILES string of the molecule is CC(C)[C@@H]1CC[C@@H](C)C[C@@H]1OC(=O)[C@H]1CN(C)CC[C@H]1c1ccc(F)cc1. The lowest BCUT2D eigenvalue weighted by Crippen LogP contribution is -2.44. The average Bonchev–Trinajstić information content (AvgIpc) is 2.62. The van der Waals surface area contributed by atoms with E-state index in [9.17, 15) is 9.18 Å². The molecule has 0 unspecified atom stereocenters. The molecule has 0 radical (unpaired) electrons. The van der Waals surface area contributed by atoms with Gasteiger partial charge in [-0.25, -0.2) is 4.39 Å². The van der Waals surface area contributed by atoms with Crippen LogP contribution in [-0.2, 0) is 9.53 Å². The maximum atomic E-state index is 13.3. The van der Waals surface area contributed by atoms with Crippen molar-refractivity contribution in [3.8, 4) is 0 Å². The van der Waals surface area contributed by atoms with Gasteiger partial charge in [0.15, 0.2) is 0 Å². The highest BCUT2D eigenvalue weighted by Crippen LogP contribution is 2.38. The summed E-state index contributed by atoms with van der Waals surface area (Å²) < 4.78 is 19.5. The molecular weight excluding hydrogens is 341 g/mol. The Kier molecular flexibility index (Phi) is 6.56. The highest BCUT2D eigenvalue weighted by atomic mass is 19.1. The van der Waals surface area contributed by atoms with Crippen LogP contribution in [0.3, 0.4) is 0 Å². The second-order valence-electron chi connectivity index (χ2n) is 9.12. The summed E-state index contributed by atoms with van der Waals surface area (Å²) in [5, 5.41) is 0. The molecule has 3 nitrogen and oxygen atoms in total. The molecule has 1 aromatic rings. The zero-order valence-electron chi connectivity index (χ0n) is 17.2. The Morgan fingerprint density at radius 2 is 1.89 bits per heavy atom. The van der Waals surface area contributed by atoms with E-state index in [4.69, 9.17) is 4.74 Å². The van der Waals surface area contributed by atoms with Crippen molar-refractivity contribution in [2.45, 2.75) is 58.5 Å². The molecule has 1 aliphatic heterocycles. The van der Waals surface area contributed by atoms with Crippen LogP contribution >= 0.6 is 0 Å². The number of halogens is 1. The molecule has 0 aromatic heterocycles. The first-order valence-corrected chi connectivity index (χ1v) is 10.5. The molecule has 1 aromatic carbocycles. The third-order valence-electron chi connectivity index (χ3n) is 6.65. The first kappa shape index (κ1) is 20.3. The van der Waals surface area contributed by atoms with Crippen molar-refractivity contribution in [3.05, 3.63) is 35.6 Å². The van der Waals surface area contributed by atoms with Crippen molar-refractivity contribution in [2.75, 3.05) is 20.1 Å². The van der Waals surface area contributed by atoms with Gasteiger partial charge in [-0.05, 0) is 74.2 Å². The first-order valence-electron chi connectivity index (χ1n) is 10.5. The summed E-state index contributed by atoms with van der Waals surface area (Å²) in [4.78, 5) is 15.4. The Bertz CT molecular complexity index is 630. The number of benzene rings is 1. The molecule has 2 aliphatic rings. The van der Waals surface area contributed by atoms with Gasteiger partial charge in [-0.15, -0.1) is 0 Å². The van der Waals surface area contributed by atoms with Gasteiger partial charge in [0, 0.05) is 6.54 Å². The van der Waals surface area contributed by atoms with Crippen molar-refractivity contribution in [1.29, 1.82) is 0 Å². The maximum Gasteiger partial charge on any atom is 0.311 e. The highest BCUT2D eigenvalue weighted by molar-refractivity contribution is 5.74. The summed E-state index contributed by atoms with van der Waals surface area (Å²) in [5.41, 5.74) is 1.05. The summed E-state index contributed by atoms with van der Waals surface area (Å²) in [5.74, 6) is 1.21. The zero-order valence-corrected chi connectivity index (χ0v) is 17.2. The number of ether oxygens (including phenoxy) is 1. The standard InChI is InChI=1S/C23H34FNO2/c1-15(2)19-10-5-16(3)13-22(19)27-23(26)21-14-25(4)12-11-20(21)17-6-8-18(24)9-7-17/h6-9,15-16,19-22H,5,10-14H2,1-4H3/t16-,19+,20+,21+,22+/m1/s1. The Morgan fingerprint density at radius 1 is 1.19 bits per heavy atom. The van der Waals surface area contributed by atoms with Crippen molar-refractivity contribution in [3.63, 3.8) is 0 Å². The maximum absolute atomic E-state index is 13.3. The number of carbonyl (C=O) groups excluding carboxylic acids is 1. The third-order valence-corrected chi connectivity index (χ3v) is 6.65. The molecule has 4 heteroatoms. The molecule has 3 rings (SSSR count). The van der Waals surface area contributed by atoms with Gasteiger partial charge < -0.3 is 9.64 Å². The minimum atomic E-state index is -0.234. The number of hydrogen-bond donors (Lipinski definition) is 0. The lowest BCUT2D eigenvalue weighted by atomic mass is 9.75. The largest absolute Gasteiger partial charge is 0.462 e. The predicted molar refractivity (Wildman–Crippen MR) is 106 cm³/mol. The van der Waals surface area contributed by atoms with Gasteiger partial charge in [-0.2, -0.15) is 0 Å². The molecule has 1 saturated heterocycles. The quantitative estimate of drug-likeness (QED) is 0.704. The summed E-state index contributed by atoms with van der Waals surface area (Å²) in [6, 6.07) is 6.64. The van der Waals surface area contributed by atoms with Gasteiger partial charge in [0.1, 0.15) is 11.9 Å². The molecular formula is C23H34FNO2. The number of nitrogens with zero attached hydrogens (tertiary/aromatic N) is 1. The molecule has 5 atom stereocenters. The number of likely N-dealkylation sites (tertiary alicyclic amines) is 1. The van der Waals surface area contributed by atoms with E-state index in [2.05, 4.69) is 32.7 Å². The highest BCUT2D eigenvalue weighted by Gasteiger charge is 2.39. The molecule has 0 spiro atoms. The van der Waals surface area contributed by atoms with Gasteiger partial charge >= 0.3 is 5.97 Å². The Balaban J connectivity index is 1.75. The van der Waals surface area contributed by atoms with Crippen molar-refractivity contribution in [1.82, 2.24) is 4.90 Å². The number of hydrogen-bond acceptors (Lipinski definition) is 3. The van der Waals surface area contributed by atoms with E-state index in [1.807, 2.05) is 12.1 Å². The van der Waals surface area contributed by atoms with E-state index >= 15 is 0 Å². The van der Waals surface area contributed by atoms with Crippen molar-refractivity contribution < 1.29 is 13.9 Å². The minimum absolute atomic E-state index is 0.0300. The molecule has 1 aliphatic carbocycles. The van der Waals surface area contributed by atoms with Crippen molar-refractivity contribution in [2.24, 2.45) is 23.7 Å². The second kappa shape index (κ2) is 8.72. The number of esters is 1.